The van der Waals surface area contributed by atoms with Gasteiger partial charge in [-0.3, -0.25) is 4.79 Å². The molecule has 0 bridgehead atoms. The van der Waals surface area contributed by atoms with Gasteiger partial charge in [-0.15, -0.1) is 11.3 Å². The number of amides is 1. The van der Waals surface area contributed by atoms with Crippen molar-refractivity contribution in [2.45, 2.75) is 0 Å². The third-order valence-electron chi connectivity index (χ3n) is 2.27. The van der Waals surface area contributed by atoms with Gasteiger partial charge in [0.2, 0.25) is 5.91 Å². The van der Waals surface area contributed by atoms with Crippen LogP contribution >= 0.6 is 27.3 Å². The number of nitriles is 1. The van der Waals surface area contributed by atoms with Crippen LogP contribution in [0.2, 0.25) is 0 Å². The normalized spacial score (nSPS) is 10.3. The first-order valence-electron chi connectivity index (χ1n) is 5.40. The number of hydrogen-bond acceptors (Lipinski definition) is 3. The van der Waals surface area contributed by atoms with Crippen molar-refractivity contribution in [2.24, 2.45) is 0 Å². The number of carbonyl (C=O) groups is 1. The van der Waals surface area contributed by atoms with Crippen LogP contribution < -0.4 is 5.32 Å². The average Bonchev–Trinajstić information content (AvgIpc) is 2.83. The fourth-order valence-corrected chi connectivity index (χ4v) is 2.72. The Hall–Kier alpha value is -1.90. The zero-order valence-corrected chi connectivity index (χ0v) is 12.2. The summed E-state index contributed by atoms with van der Waals surface area (Å²) in [6.45, 7) is 0. The van der Waals surface area contributed by atoms with Gasteiger partial charge in [0.15, 0.2) is 0 Å². The quantitative estimate of drug-likeness (QED) is 0.862. The van der Waals surface area contributed by atoms with Gasteiger partial charge in [0.1, 0.15) is 0 Å². The van der Waals surface area contributed by atoms with E-state index in [1.807, 2.05) is 17.5 Å². The van der Waals surface area contributed by atoms with Crippen molar-refractivity contribution in [2.75, 3.05) is 5.32 Å². The Morgan fingerprint density at radius 1 is 1.37 bits per heavy atom. The minimum absolute atomic E-state index is 0.200. The van der Waals surface area contributed by atoms with Gasteiger partial charge in [-0.2, -0.15) is 5.26 Å². The van der Waals surface area contributed by atoms with E-state index in [9.17, 15) is 4.79 Å². The zero-order chi connectivity index (χ0) is 13.7. The molecule has 0 aliphatic heterocycles. The Labute approximate surface area is 123 Å². The Morgan fingerprint density at radius 2 is 2.11 bits per heavy atom. The SMILES string of the molecule is N#Cc1ccc(NC(=O)/C=C/c2cc(Br)cs2)cc1. The molecule has 0 saturated carbocycles. The molecule has 0 atom stereocenters. The Bertz CT molecular complexity index is 653. The van der Waals surface area contributed by atoms with Crippen LogP contribution in [0.4, 0.5) is 5.69 Å². The number of nitrogens with zero attached hydrogens (tertiary/aromatic N) is 1. The molecule has 2 rings (SSSR count). The van der Waals surface area contributed by atoms with E-state index in [4.69, 9.17) is 5.26 Å². The fourth-order valence-electron chi connectivity index (χ4n) is 1.39. The lowest BCUT2D eigenvalue weighted by atomic mass is 10.2. The van der Waals surface area contributed by atoms with Crippen molar-refractivity contribution in [3.05, 3.63) is 56.7 Å². The third kappa shape index (κ3) is 4.05. The summed E-state index contributed by atoms with van der Waals surface area (Å²) >= 11 is 4.91. The van der Waals surface area contributed by atoms with Crippen LogP contribution in [-0.4, -0.2) is 5.91 Å². The monoisotopic (exact) mass is 332 g/mol. The fraction of sp³-hybridized carbons (Fsp3) is 0. The van der Waals surface area contributed by atoms with Crippen LogP contribution in [0.3, 0.4) is 0 Å². The molecule has 1 N–H and O–H groups in total. The Kier molecular flexibility index (Phi) is 4.50. The molecule has 5 heteroatoms. The molecular weight excluding hydrogens is 324 g/mol. The highest BCUT2D eigenvalue weighted by atomic mass is 79.9. The number of hydrogen-bond donors (Lipinski definition) is 1. The van der Waals surface area contributed by atoms with Crippen molar-refractivity contribution in [1.82, 2.24) is 0 Å². The smallest absolute Gasteiger partial charge is 0.248 e. The average molecular weight is 333 g/mol. The summed E-state index contributed by atoms with van der Waals surface area (Å²) in [7, 11) is 0. The summed E-state index contributed by atoms with van der Waals surface area (Å²) in [5, 5.41) is 13.4. The maximum Gasteiger partial charge on any atom is 0.248 e. The molecule has 3 nitrogen and oxygen atoms in total. The maximum atomic E-state index is 11.7. The third-order valence-corrected chi connectivity index (χ3v) is 3.93. The van der Waals surface area contributed by atoms with Gasteiger partial charge < -0.3 is 5.32 Å². The largest absolute Gasteiger partial charge is 0.323 e. The molecule has 1 heterocycles. The Morgan fingerprint density at radius 3 is 2.68 bits per heavy atom. The van der Waals surface area contributed by atoms with Crippen LogP contribution in [0.15, 0.2) is 46.3 Å². The van der Waals surface area contributed by atoms with E-state index in [-0.39, 0.29) is 5.91 Å². The number of benzene rings is 1. The molecule has 1 aromatic carbocycles. The minimum Gasteiger partial charge on any atom is -0.323 e. The lowest BCUT2D eigenvalue weighted by Crippen LogP contribution is -2.07. The van der Waals surface area contributed by atoms with E-state index in [1.165, 1.54) is 6.08 Å². The van der Waals surface area contributed by atoms with Crippen molar-refractivity contribution in [3.8, 4) is 6.07 Å². The second-order valence-corrected chi connectivity index (χ2v) is 5.54. The van der Waals surface area contributed by atoms with Crippen LogP contribution in [0.25, 0.3) is 6.08 Å². The van der Waals surface area contributed by atoms with Gasteiger partial charge in [0.05, 0.1) is 11.6 Å². The molecule has 0 spiro atoms. The molecule has 0 aliphatic rings. The second kappa shape index (κ2) is 6.32. The lowest BCUT2D eigenvalue weighted by molar-refractivity contribution is -0.111. The first-order chi connectivity index (χ1) is 9.17. The maximum absolute atomic E-state index is 11.7. The number of anilines is 1. The molecule has 2 aromatic rings. The molecule has 0 unspecified atom stereocenters. The highest BCUT2D eigenvalue weighted by Gasteiger charge is 1.99. The van der Waals surface area contributed by atoms with Crippen LogP contribution in [0.1, 0.15) is 10.4 Å². The molecule has 0 saturated heterocycles. The van der Waals surface area contributed by atoms with Gasteiger partial charge in [-0.1, -0.05) is 0 Å². The molecule has 0 radical (unpaired) electrons. The molecule has 19 heavy (non-hydrogen) atoms. The predicted molar refractivity (Wildman–Crippen MR) is 80.8 cm³/mol. The first-order valence-corrected chi connectivity index (χ1v) is 7.08. The standard InChI is InChI=1S/C14H9BrN2OS/c15-11-7-13(19-9-11)5-6-14(18)17-12-3-1-10(8-16)2-4-12/h1-7,9H,(H,17,18)/b6-5+. The van der Waals surface area contributed by atoms with Crippen molar-refractivity contribution < 1.29 is 4.79 Å². The molecule has 0 aliphatic carbocycles. The molecular formula is C14H9BrN2OS. The van der Waals surface area contributed by atoms with E-state index < -0.39 is 0 Å². The van der Waals surface area contributed by atoms with E-state index in [2.05, 4.69) is 21.2 Å². The topological polar surface area (TPSA) is 52.9 Å². The summed E-state index contributed by atoms with van der Waals surface area (Å²) in [6, 6.07) is 10.7. The number of carbonyl (C=O) groups excluding carboxylic acids is 1. The highest BCUT2D eigenvalue weighted by molar-refractivity contribution is 9.10. The van der Waals surface area contributed by atoms with Gasteiger partial charge in [-0.25, -0.2) is 0 Å². The molecule has 1 aromatic heterocycles. The summed E-state index contributed by atoms with van der Waals surface area (Å²) < 4.78 is 1.00. The van der Waals surface area contributed by atoms with Crippen molar-refractivity contribution in [1.29, 1.82) is 5.26 Å². The van der Waals surface area contributed by atoms with Crippen molar-refractivity contribution >= 4 is 44.9 Å². The number of halogens is 1. The summed E-state index contributed by atoms with van der Waals surface area (Å²) in [6.07, 6.45) is 3.24. The second-order valence-electron chi connectivity index (χ2n) is 3.68. The van der Waals surface area contributed by atoms with Crippen LogP contribution in [0.5, 0.6) is 0 Å². The van der Waals surface area contributed by atoms with Gasteiger partial charge in [0, 0.05) is 26.5 Å². The Balaban J connectivity index is 1.97. The zero-order valence-electron chi connectivity index (χ0n) is 9.76. The molecule has 94 valence electrons. The van der Waals surface area contributed by atoms with E-state index in [0.717, 1.165) is 9.35 Å². The van der Waals surface area contributed by atoms with Crippen LogP contribution in [-0.2, 0) is 4.79 Å². The minimum atomic E-state index is -0.200. The van der Waals surface area contributed by atoms with E-state index in [1.54, 1.807) is 41.7 Å². The predicted octanol–water partition coefficient (Wildman–Crippen LogP) is 4.03. The summed E-state index contributed by atoms with van der Waals surface area (Å²) in [5.74, 6) is -0.200. The number of nitrogens with one attached hydrogen (secondary N) is 1. The molecule has 1 amide bonds. The summed E-state index contributed by atoms with van der Waals surface area (Å²) in [4.78, 5) is 12.7. The van der Waals surface area contributed by atoms with E-state index in [0.29, 0.717) is 11.3 Å². The molecule has 0 fully saturated rings. The summed E-state index contributed by atoms with van der Waals surface area (Å²) in [5.41, 5.74) is 1.23. The highest BCUT2D eigenvalue weighted by Crippen LogP contribution is 2.20. The number of thiophene rings is 1. The number of rotatable bonds is 3. The van der Waals surface area contributed by atoms with E-state index >= 15 is 0 Å². The first kappa shape index (κ1) is 13.5. The van der Waals surface area contributed by atoms with Crippen molar-refractivity contribution in [3.63, 3.8) is 0 Å². The van der Waals surface area contributed by atoms with Gasteiger partial charge in [0.25, 0.3) is 0 Å². The van der Waals surface area contributed by atoms with Gasteiger partial charge >= 0.3 is 0 Å². The lowest BCUT2D eigenvalue weighted by Gasteiger charge is -2.01. The van der Waals surface area contributed by atoms with Crippen LogP contribution in [0, 0.1) is 11.3 Å². The van der Waals surface area contributed by atoms with Gasteiger partial charge in [-0.05, 0) is 52.3 Å².